The number of carbonyl (C=O) groups excluding carboxylic acids is 2. The first kappa shape index (κ1) is 11.3. The van der Waals surface area contributed by atoms with E-state index in [1.807, 2.05) is 30.3 Å². The Morgan fingerprint density at radius 2 is 2.11 bits per heavy atom. The summed E-state index contributed by atoms with van der Waals surface area (Å²) in [6, 6.07) is 9.61. The van der Waals surface area contributed by atoms with Gasteiger partial charge in [-0.15, -0.1) is 0 Å². The molecule has 3 rings (SSSR count). The molecule has 2 aliphatic heterocycles. The highest BCUT2D eigenvalue weighted by Crippen LogP contribution is 2.50. The Balaban J connectivity index is 2.08. The van der Waals surface area contributed by atoms with Crippen LogP contribution in [0.15, 0.2) is 36.0 Å². The summed E-state index contributed by atoms with van der Waals surface area (Å²) in [5.74, 6) is -0.462. The Hall–Kier alpha value is -1.75. The molecule has 1 atom stereocenters. The van der Waals surface area contributed by atoms with E-state index in [1.54, 1.807) is 16.7 Å². The molecule has 0 aliphatic carbocycles. The molecule has 1 fully saturated rings. The number of hydrogen-bond acceptors (Lipinski definition) is 4. The van der Waals surface area contributed by atoms with Crippen molar-refractivity contribution in [1.82, 2.24) is 4.90 Å². The van der Waals surface area contributed by atoms with E-state index in [1.165, 1.54) is 7.11 Å². The van der Waals surface area contributed by atoms with Crippen LogP contribution < -0.4 is 0 Å². The summed E-state index contributed by atoms with van der Waals surface area (Å²) in [5, 5.41) is 0.0572. The topological polar surface area (TPSA) is 46.6 Å². The molecule has 2 aliphatic rings. The molecule has 0 N–H and O–H groups in total. The molecular formula is C13H11NO3S. The standard InChI is InChI=1S/C13H11NO3S/c1-17-13(16)11-12(8-5-3-2-4-6-8)18-10-7-9(15)14(10)11/h2-6,10H,7H2,1H3/t10-/m1/s1. The van der Waals surface area contributed by atoms with E-state index in [2.05, 4.69) is 0 Å². The van der Waals surface area contributed by atoms with Crippen molar-refractivity contribution in [1.29, 1.82) is 0 Å². The molecule has 0 spiro atoms. The van der Waals surface area contributed by atoms with Crippen molar-refractivity contribution in [2.24, 2.45) is 0 Å². The number of fused-ring (bicyclic) bond motifs is 1. The Labute approximate surface area is 109 Å². The van der Waals surface area contributed by atoms with Gasteiger partial charge in [-0.1, -0.05) is 42.1 Å². The maximum atomic E-state index is 11.8. The number of benzene rings is 1. The van der Waals surface area contributed by atoms with E-state index in [9.17, 15) is 9.59 Å². The van der Waals surface area contributed by atoms with Gasteiger partial charge in [0, 0.05) is 4.91 Å². The van der Waals surface area contributed by atoms with Crippen LogP contribution in [0.1, 0.15) is 12.0 Å². The van der Waals surface area contributed by atoms with E-state index in [0.717, 1.165) is 10.5 Å². The van der Waals surface area contributed by atoms with Gasteiger partial charge in [0.05, 0.1) is 18.9 Å². The van der Waals surface area contributed by atoms with Gasteiger partial charge in [0.2, 0.25) is 5.91 Å². The zero-order valence-corrected chi connectivity index (χ0v) is 10.6. The van der Waals surface area contributed by atoms with E-state index in [0.29, 0.717) is 12.1 Å². The predicted octanol–water partition coefficient (Wildman–Crippen LogP) is 1.83. The molecule has 5 heteroatoms. The Bertz CT molecular complexity index is 553. The molecule has 2 heterocycles. The summed E-state index contributed by atoms with van der Waals surface area (Å²) >= 11 is 1.55. The van der Waals surface area contributed by atoms with Crippen LogP contribution in [-0.2, 0) is 14.3 Å². The van der Waals surface area contributed by atoms with E-state index in [-0.39, 0.29) is 11.3 Å². The average Bonchev–Trinajstić information content (AvgIpc) is 2.71. The largest absolute Gasteiger partial charge is 0.464 e. The van der Waals surface area contributed by atoms with Gasteiger partial charge in [0.1, 0.15) is 5.70 Å². The Kier molecular flexibility index (Phi) is 2.63. The SMILES string of the molecule is COC(=O)C1=C(c2ccccc2)S[C@@H]2CC(=O)N12. The van der Waals surface area contributed by atoms with Crippen molar-refractivity contribution in [3.05, 3.63) is 41.6 Å². The summed E-state index contributed by atoms with van der Waals surface area (Å²) in [6.45, 7) is 0. The monoisotopic (exact) mass is 261 g/mol. The van der Waals surface area contributed by atoms with Gasteiger partial charge >= 0.3 is 5.97 Å². The lowest BCUT2D eigenvalue weighted by Gasteiger charge is -2.34. The quantitative estimate of drug-likeness (QED) is 0.602. The number of ether oxygens (including phenoxy) is 1. The third-order valence-electron chi connectivity index (χ3n) is 3.03. The van der Waals surface area contributed by atoms with Gasteiger partial charge in [0.15, 0.2) is 0 Å². The van der Waals surface area contributed by atoms with Gasteiger partial charge in [-0.3, -0.25) is 9.69 Å². The first-order chi connectivity index (χ1) is 8.72. The summed E-state index contributed by atoms with van der Waals surface area (Å²) in [6.07, 6.45) is 0.488. The first-order valence-corrected chi connectivity index (χ1v) is 6.47. The third-order valence-corrected chi connectivity index (χ3v) is 4.34. The minimum atomic E-state index is -0.447. The highest BCUT2D eigenvalue weighted by molar-refractivity contribution is 8.09. The van der Waals surface area contributed by atoms with Crippen molar-refractivity contribution in [2.45, 2.75) is 11.8 Å². The Morgan fingerprint density at radius 1 is 1.39 bits per heavy atom. The number of methoxy groups -OCH3 is 1. The highest BCUT2D eigenvalue weighted by Gasteiger charge is 2.48. The fraction of sp³-hybridized carbons (Fsp3) is 0.231. The Morgan fingerprint density at radius 3 is 2.72 bits per heavy atom. The number of carbonyl (C=O) groups is 2. The molecule has 1 aromatic carbocycles. The number of amides is 1. The maximum Gasteiger partial charge on any atom is 0.356 e. The smallest absolute Gasteiger partial charge is 0.356 e. The normalized spacial score (nSPS) is 21.7. The van der Waals surface area contributed by atoms with Crippen LogP contribution in [0.25, 0.3) is 4.91 Å². The minimum Gasteiger partial charge on any atom is -0.464 e. The van der Waals surface area contributed by atoms with Gasteiger partial charge < -0.3 is 4.74 Å². The minimum absolute atomic E-state index is 0.0150. The zero-order chi connectivity index (χ0) is 12.7. The van der Waals surface area contributed by atoms with E-state index < -0.39 is 5.97 Å². The van der Waals surface area contributed by atoms with Crippen molar-refractivity contribution < 1.29 is 14.3 Å². The van der Waals surface area contributed by atoms with Crippen LogP contribution >= 0.6 is 11.8 Å². The second-order valence-electron chi connectivity index (χ2n) is 4.08. The van der Waals surface area contributed by atoms with Crippen LogP contribution in [0.4, 0.5) is 0 Å². The molecule has 4 nitrogen and oxygen atoms in total. The van der Waals surface area contributed by atoms with Gasteiger partial charge in [-0.25, -0.2) is 4.79 Å². The van der Waals surface area contributed by atoms with Crippen molar-refractivity contribution in [2.75, 3.05) is 7.11 Å². The summed E-state index contributed by atoms with van der Waals surface area (Å²) in [7, 11) is 1.33. The molecule has 1 amide bonds. The number of rotatable bonds is 2. The van der Waals surface area contributed by atoms with Gasteiger partial charge in [-0.2, -0.15) is 0 Å². The molecular weight excluding hydrogens is 250 g/mol. The molecule has 0 bridgehead atoms. The molecule has 18 heavy (non-hydrogen) atoms. The summed E-state index contributed by atoms with van der Waals surface area (Å²) < 4.78 is 4.78. The number of esters is 1. The molecule has 0 radical (unpaired) electrons. The van der Waals surface area contributed by atoms with Crippen LogP contribution in [0.5, 0.6) is 0 Å². The fourth-order valence-corrected chi connectivity index (χ4v) is 3.53. The first-order valence-electron chi connectivity index (χ1n) is 5.59. The molecule has 0 saturated carbocycles. The lowest BCUT2D eigenvalue weighted by atomic mass is 10.1. The van der Waals surface area contributed by atoms with Gasteiger partial charge in [0.25, 0.3) is 0 Å². The lowest BCUT2D eigenvalue weighted by molar-refractivity contribution is -0.146. The second-order valence-corrected chi connectivity index (χ2v) is 5.26. The molecule has 1 saturated heterocycles. The number of hydrogen-bond donors (Lipinski definition) is 0. The van der Waals surface area contributed by atoms with Crippen LogP contribution in [0.3, 0.4) is 0 Å². The van der Waals surface area contributed by atoms with Crippen LogP contribution in [-0.4, -0.2) is 29.3 Å². The fourth-order valence-electron chi connectivity index (χ4n) is 2.13. The molecule has 0 unspecified atom stereocenters. The molecule has 0 aromatic heterocycles. The number of thioether (sulfide) groups is 1. The van der Waals surface area contributed by atoms with Crippen LogP contribution in [0.2, 0.25) is 0 Å². The van der Waals surface area contributed by atoms with Gasteiger partial charge in [-0.05, 0) is 5.56 Å². The average molecular weight is 261 g/mol. The van der Waals surface area contributed by atoms with E-state index >= 15 is 0 Å². The molecule has 92 valence electrons. The number of β-lactam (4-membered cyclic amide) rings is 1. The van der Waals surface area contributed by atoms with Crippen molar-refractivity contribution in [3.63, 3.8) is 0 Å². The summed E-state index contributed by atoms with van der Waals surface area (Å²) in [5.41, 5.74) is 1.33. The van der Waals surface area contributed by atoms with Crippen LogP contribution in [0, 0.1) is 0 Å². The molecule has 1 aromatic rings. The summed E-state index contributed by atoms with van der Waals surface area (Å²) in [4.78, 5) is 25.8. The predicted molar refractivity (Wildman–Crippen MR) is 68.2 cm³/mol. The van der Waals surface area contributed by atoms with Crippen molar-refractivity contribution in [3.8, 4) is 0 Å². The van der Waals surface area contributed by atoms with E-state index in [4.69, 9.17) is 4.74 Å². The van der Waals surface area contributed by atoms with Crippen molar-refractivity contribution >= 4 is 28.5 Å². The zero-order valence-electron chi connectivity index (χ0n) is 9.75. The maximum absolute atomic E-state index is 11.8. The third kappa shape index (κ3) is 1.54. The highest BCUT2D eigenvalue weighted by atomic mass is 32.2. The number of nitrogens with zero attached hydrogens (tertiary/aromatic N) is 1. The lowest BCUT2D eigenvalue weighted by Crippen LogP contribution is -2.48. The second kappa shape index (κ2) is 4.17.